The number of ketones is 1. The zero-order valence-electron chi connectivity index (χ0n) is 23.0. The van der Waals surface area contributed by atoms with Crippen LogP contribution in [0.25, 0.3) is 64.6 Å². The largest absolute Gasteiger partial charge is 0.313 e. The van der Waals surface area contributed by atoms with Gasteiger partial charge in [-0.25, -0.2) is 0 Å². The van der Waals surface area contributed by atoms with Crippen molar-refractivity contribution in [2.24, 2.45) is 0 Å². The molecule has 8 aromatic carbocycles. The van der Waals surface area contributed by atoms with E-state index in [9.17, 15) is 4.79 Å². The van der Waals surface area contributed by atoms with Crippen molar-refractivity contribution < 1.29 is 9.36 Å². The summed E-state index contributed by atoms with van der Waals surface area (Å²) in [5, 5.41) is 15.8. The third-order valence-corrected chi connectivity index (χ3v) is 13.2. The van der Waals surface area contributed by atoms with Gasteiger partial charge in [-0.1, -0.05) is 103 Å². The standard InChI is InChI=1S/C39H27O2P/c40-30-8-3-9-31(19-18-30)42(41,34-22-16-28-12-10-24-4-1-6-26-14-20-32(34)38(28)36(24)26)35-23-17-29-13-11-25-5-2-7-27-15-21-33(35)39(29)37(25)27/h1-2,4-7,10-23,31H,3,8-9H2. The molecule has 3 heteroatoms. The number of carbonyl (C=O) groups excluding carboxylic acids is 1. The van der Waals surface area contributed by atoms with Crippen molar-refractivity contribution in [1.29, 1.82) is 0 Å². The Morgan fingerprint density at radius 3 is 1.45 bits per heavy atom. The van der Waals surface area contributed by atoms with Crippen molar-refractivity contribution in [3.8, 4) is 0 Å². The predicted octanol–water partition coefficient (Wildman–Crippen LogP) is 9.47. The SMILES string of the molecule is O=C1C=CC(P(=O)(c2ccc3ccc4cccc5ccc2c3c45)c2ccc3ccc4cccc5ccc2c3c45)CCC1. The normalized spacial score (nSPS) is 16.6. The molecule has 1 aliphatic carbocycles. The first-order chi connectivity index (χ1) is 20.6. The van der Waals surface area contributed by atoms with E-state index >= 15 is 4.57 Å². The molecule has 0 fully saturated rings. The molecule has 0 heterocycles. The quantitative estimate of drug-likeness (QED) is 0.160. The van der Waals surface area contributed by atoms with Gasteiger partial charge in [0.2, 0.25) is 0 Å². The summed E-state index contributed by atoms with van der Waals surface area (Å²) < 4.78 is 16.4. The third-order valence-electron chi connectivity index (χ3n) is 9.62. The van der Waals surface area contributed by atoms with Gasteiger partial charge in [0.1, 0.15) is 0 Å². The van der Waals surface area contributed by atoms with Crippen LogP contribution < -0.4 is 10.6 Å². The average molecular weight is 559 g/mol. The van der Waals surface area contributed by atoms with Gasteiger partial charge in [0.25, 0.3) is 0 Å². The van der Waals surface area contributed by atoms with E-state index in [1.807, 2.05) is 6.08 Å². The maximum atomic E-state index is 16.4. The lowest BCUT2D eigenvalue weighted by molar-refractivity contribution is -0.114. The minimum absolute atomic E-state index is 0.120. The Labute approximate surface area is 243 Å². The Kier molecular flexibility index (Phi) is 5.02. The molecule has 1 unspecified atom stereocenters. The molecule has 0 bridgehead atoms. The van der Waals surface area contributed by atoms with E-state index in [1.165, 1.54) is 43.1 Å². The number of hydrogen-bond donors (Lipinski definition) is 0. The Balaban J connectivity index is 1.43. The first-order valence-electron chi connectivity index (χ1n) is 14.8. The Morgan fingerprint density at radius 1 is 0.524 bits per heavy atom. The Bertz CT molecular complexity index is 2270. The summed E-state index contributed by atoms with van der Waals surface area (Å²) in [6.07, 6.45) is 5.61. The highest BCUT2D eigenvalue weighted by atomic mass is 31.2. The molecule has 42 heavy (non-hydrogen) atoms. The highest BCUT2D eigenvalue weighted by Crippen LogP contribution is 2.55. The van der Waals surface area contributed by atoms with Gasteiger partial charge >= 0.3 is 0 Å². The summed E-state index contributed by atoms with van der Waals surface area (Å²) in [7, 11) is -3.31. The molecule has 2 nitrogen and oxygen atoms in total. The van der Waals surface area contributed by atoms with Gasteiger partial charge in [0, 0.05) is 22.7 Å². The van der Waals surface area contributed by atoms with Crippen LogP contribution in [0.3, 0.4) is 0 Å². The van der Waals surface area contributed by atoms with E-state index in [0.717, 1.165) is 38.6 Å². The third kappa shape index (κ3) is 3.22. The van der Waals surface area contributed by atoms with Crippen molar-refractivity contribution in [1.82, 2.24) is 0 Å². The Hall–Kier alpha value is -4.52. The maximum absolute atomic E-state index is 16.4. The second-order valence-electron chi connectivity index (χ2n) is 11.8. The van der Waals surface area contributed by atoms with Crippen LogP contribution in [0.2, 0.25) is 0 Å². The van der Waals surface area contributed by atoms with E-state index in [2.05, 4.69) is 109 Å². The summed E-state index contributed by atoms with van der Waals surface area (Å²) in [6, 6.07) is 38.8. The second-order valence-corrected chi connectivity index (χ2v) is 14.8. The monoisotopic (exact) mass is 558 g/mol. The summed E-state index contributed by atoms with van der Waals surface area (Å²) in [5.74, 6) is 0.120. The van der Waals surface area contributed by atoms with Crippen molar-refractivity contribution in [2.45, 2.75) is 24.9 Å². The van der Waals surface area contributed by atoms with Crippen LogP contribution in [0.4, 0.5) is 0 Å². The van der Waals surface area contributed by atoms with E-state index in [-0.39, 0.29) is 11.4 Å². The summed E-state index contributed by atoms with van der Waals surface area (Å²) in [4.78, 5) is 12.5. The van der Waals surface area contributed by atoms with Crippen molar-refractivity contribution in [2.75, 3.05) is 0 Å². The molecular formula is C39H27O2P. The van der Waals surface area contributed by atoms with E-state index in [0.29, 0.717) is 12.8 Å². The van der Waals surface area contributed by atoms with E-state index in [4.69, 9.17) is 0 Å². The van der Waals surface area contributed by atoms with Crippen LogP contribution in [0.5, 0.6) is 0 Å². The van der Waals surface area contributed by atoms with E-state index < -0.39 is 7.14 Å². The lowest BCUT2D eigenvalue weighted by Gasteiger charge is -2.29. The number of carbonyl (C=O) groups is 1. The highest BCUT2D eigenvalue weighted by molar-refractivity contribution is 7.80. The fraction of sp³-hybridized carbons (Fsp3) is 0.103. The first kappa shape index (κ1) is 24.1. The fourth-order valence-corrected chi connectivity index (χ4v) is 11.2. The van der Waals surface area contributed by atoms with Crippen LogP contribution in [0, 0.1) is 0 Å². The highest BCUT2D eigenvalue weighted by Gasteiger charge is 2.39. The van der Waals surface area contributed by atoms with E-state index in [1.54, 1.807) is 6.08 Å². The zero-order valence-corrected chi connectivity index (χ0v) is 23.9. The molecule has 0 aliphatic heterocycles. The zero-order chi connectivity index (χ0) is 28.0. The molecule has 8 aromatic rings. The lowest BCUT2D eigenvalue weighted by atomic mass is 9.94. The molecule has 200 valence electrons. The fourth-order valence-electron chi connectivity index (χ4n) is 7.69. The first-order valence-corrected chi connectivity index (χ1v) is 16.5. The molecule has 0 aromatic heterocycles. The average Bonchev–Trinajstić information content (AvgIpc) is 3.26. The molecule has 9 rings (SSSR count). The van der Waals surface area contributed by atoms with Gasteiger partial charge in [-0.2, -0.15) is 0 Å². The smallest absolute Gasteiger partial charge is 0.155 e. The van der Waals surface area contributed by atoms with Crippen molar-refractivity contribution in [3.63, 3.8) is 0 Å². The van der Waals surface area contributed by atoms with Crippen LogP contribution >= 0.6 is 7.14 Å². The topological polar surface area (TPSA) is 34.1 Å². The van der Waals surface area contributed by atoms with Crippen molar-refractivity contribution in [3.05, 3.63) is 121 Å². The number of benzene rings is 8. The molecule has 1 atom stereocenters. The minimum atomic E-state index is -3.31. The van der Waals surface area contributed by atoms with Gasteiger partial charge in [-0.3, -0.25) is 4.79 Å². The van der Waals surface area contributed by atoms with Gasteiger partial charge in [0.15, 0.2) is 12.9 Å². The van der Waals surface area contributed by atoms with Crippen LogP contribution in [0.15, 0.2) is 121 Å². The molecule has 0 radical (unpaired) electrons. The van der Waals surface area contributed by atoms with Gasteiger partial charge in [-0.05, 0) is 95.7 Å². The van der Waals surface area contributed by atoms with Gasteiger partial charge in [0.05, 0.1) is 0 Å². The van der Waals surface area contributed by atoms with Gasteiger partial charge < -0.3 is 4.57 Å². The molecule has 0 N–H and O–H groups in total. The molecule has 1 aliphatic rings. The minimum Gasteiger partial charge on any atom is -0.313 e. The molecule has 0 amide bonds. The van der Waals surface area contributed by atoms with Crippen LogP contribution in [-0.2, 0) is 9.36 Å². The predicted molar refractivity (Wildman–Crippen MR) is 179 cm³/mol. The number of hydrogen-bond acceptors (Lipinski definition) is 2. The maximum Gasteiger partial charge on any atom is 0.155 e. The van der Waals surface area contributed by atoms with Crippen LogP contribution in [-0.4, -0.2) is 11.4 Å². The summed E-state index contributed by atoms with van der Waals surface area (Å²) >= 11 is 0. The number of allylic oxidation sites excluding steroid dienone is 2. The Morgan fingerprint density at radius 2 is 0.952 bits per heavy atom. The lowest BCUT2D eigenvalue weighted by Crippen LogP contribution is -2.26. The van der Waals surface area contributed by atoms with Gasteiger partial charge in [-0.15, -0.1) is 0 Å². The van der Waals surface area contributed by atoms with Crippen LogP contribution in [0.1, 0.15) is 19.3 Å². The number of rotatable bonds is 3. The summed E-state index contributed by atoms with van der Waals surface area (Å²) in [5.41, 5.74) is -0.263. The molecule has 0 saturated carbocycles. The summed E-state index contributed by atoms with van der Waals surface area (Å²) in [6.45, 7) is 0. The molecular weight excluding hydrogens is 531 g/mol. The molecule has 0 saturated heterocycles. The molecule has 0 spiro atoms. The van der Waals surface area contributed by atoms with Crippen molar-refractivity contribution >= 4 is 88.2 Å². The second kappa shape index (κ2) is 8.74.